The maximum Gasteiger partial charge on any atom is 0.326 e. The van der Waals surface area contributed by atoms with Crippen LogP contribution in [0.3, 0.4) is 0 Å². The first-order chi connectivity index (χ1) is 45.3. The molecule has 0 saturated carbocycles. The van der Waals surface area contributed by atoms with Crippen LogP contribution in [0.1, 0.15) is 259 Å². The summed E-state index contributed by atoms with van der Waals surface area (Å²) in [5.74, 6) is -8.02. The van der Waals surface area contributed by atoms with Crippen LogP contribution in [0.2, 0.25) is 0 Å². The molecule has 0 aliphatic heterocycles. The number of rotatable bonds is 64. The molecule has 25 nitrogen and oxygen atoms in total. The monoisotopic (exact) mass is 1360 g/mol. The standard InChI is InChI=1S/C68H131N11O14S/c1-5-7-9-11-13-15-17-19-21-23-25-35-50(3)67(90)92-47-52(93-68(91)51(4)36-26-24-22-20-18-16-14-12-10-8-6-2)48-94-49-53(73)60(82)78-58(45-80)65(87)79-59(46-81)64(86)76-55(38-28-32-42-70)62(84)74-54(37-27-31-41-69)61(83)75-56(39-29-33-43-71)63(85)77-57(66(88)89)40-30-34-44-72/h50-59,80-81H,5-49,69-73H2,1-4H3,(H,74,84)(H,75,83)(H,76,86)(H,77,85)(H,78,82)(H,79,87)(H,88,89). The van der Waals surface area contributed by atoms with E-state index in [9.17, 15) is 58.5 Å². The summed E-state index contributed by atoms with van der Waals surface area (Å²) < 4.78 is 11.7. The highest BCUT2D eigenvalue weighted by Crippen LogP contribution is 2.20. The fourth-order valence-electron chi connectivity index (χ4n) is 10.6. The number of carbonyl (C=O) groups excluding carboxylic acids is 8. The normalized spacial score (nSPS) is 14.6. The Morgan fingerprint density at radius 3 is 1.00 bits per heavy atom. The molecule has 0 heterocycles. The number of carboxylic acids is 1. The van der Waals surface area contributed by atoms with E-state index in [0.717, 1.165) is 50.3 Å². The summed E-state index contributed by atoms with van der Waals surface area (Å²) >= 11 is 1.16. The Kier molecular flexibility index (Phi) is 56.6. The molecular weight excluding hydrogens is 1230 g/mol. The molecule has 0 spiro atoms. The topological polar surface area (TPSA) is 435 Å². The number of ether oxygens (including phenoxy) is 2. The summed E-state index contributed by atoms with van der Waals surface area (Å²) in [4.78, 5) is 121. The molecule has 0 saturated heterocycles. The molecule has 0 radical (unpaired) electrons. The van der Waals surface area contributed by atoms with E-state index in [-0.39, 0.29) is 68.8 Å². The van der Waals surface area contributed by atoms with Crippen LogP contribution in [0.25, 0.3) is 0 Å². The largest absolute Gasteiger partial charge is 0.480 e. The molecule has 0 aromatic carbocycles. The first-order valence-corrected chi connectivity index (χ1v) is 37.2. The van der Waals surface area contributed by atoms with Gasteiger partial charge >= 0.3 is 17.9 Å². The number of aliphatic hydroxyl groups is 2. The molecule has 0 aromatic rings. The van der Waals surface area contributed by atoms with Crippen molar-refractivity contribution < 1.29 is 67.9 Å². The number of carbonyl (C=O) groups is 9. The molecule has 548 valence electrons. The van der Waals surface area contributed by atoms with Crippen LogP contribution < -0.4 is 60.6 Å². The number of thioether (sulfide) groups is 1. The predicted molar refractivity (Wildman–Crippen MR) is 372 cm³/mol. The molecular formula is C68H131N11O14S. The third kappa shape index (κ3) is 44.9. The maximum absolute atomic E-state index is 14.1. The number of aliphatic carboxylic acids is 1. The molecule has 0 aromatic heterocycles. The predicted octanol–water partition coefficient (Wildman–Crippen LogP) is 5.67. The number of amides is 6. The Labute approximate surface area is 567 Å². The van der Waals surface area contributed by atoms with Gasteiger partial charge in [-0.3, -0.25) is 38.4 Å². The maximum atomic E-state index is 14.1. The minimum Gasteiger partial charge on any atom is -0.480 e. The van der Waals surface area contributed by atoms with Gasteiger partial charge in [0.15, 0.2) is 0 Å². The number of unbranched alkanes of at least 4 members (excludes halogenated alkanes) is 24. The van der Waals surface area contributed by atoms with Gasteiger partial charge in [0, 0.05) is 11.5 Å². The van der Waals surface area contributed by atoms with Crippen LogP contribution in [-0.4, -0.2) is 175 Å². The van der Waals surface area contributed by atoms with Crippen molar-refractivity contribution in [2.75, 3.05) is 57.5 Å². The smallest absolute Gasteiger partial charge is 0.326 e. The summed E-state index contributed by atoms with van der Waals surface area (Å²) in [6, 6.07) is -9.69. The molecule has 26 heteroatoms. The van der Waals surface area contributed by atoms with E-state index < -0.39 is 115 Å². The number of hydrogen-bond acceptors (Lipinski definition) is 19. The van der Waals surface area contributed by atoms with Crippen LogP contribution in [0, 0.1) is 11.8 Å². The molecule has 0 fully saturated rings. The number of hydrogen-bond donors (Lipinski definition) is 14. The molecule has 0 aliphatic carbocycles. The average molecular weight is 1360 g/mol. The molecule has 10 atom stereocenters. The highest BCUT2D eigenvalue weighted by Gasteiger charge is 2.34. The second kappa shape index (κ2) is 59.6. The zero-order chi connectivity index (χ0) is 70.2. The first kappa shape index (κ1) is 89.3. The van der Waals surface area contributed by atoms with E-state index in [1.54, 1.807) is 0 Å². The average Bonchev–Trinajstić information content (AvgIpc) is 1.29. The number of carboxylic acid groups (broad SMARTS) is 1. The SMILES string of the molecule is CCCCCCCCCCCCCC(C)C(=O)OCC(CSCC(N)C(=O)NC(CO)C(=O)NC(CO)C(=O)NC(CCCCN)C(=O)NC(CCCCN)C(=O)NC(CCCCN)C(=O)NC(CCCCN)C(=O)O)OC(=O)C(C)CCCCCCCCCCCCC. The van der Waals surface area contributed by atoms with Crippen LogP contribution in [0.15, 0.2) is 0 Å². The Balaban J connectivity index is 6.01. The number of nitrogens with two attached hydrogens (primary N) is 5. The molecule has 94 heavy (non-hydrogen) atoms. The number of esters is 2. The van der Waals surface area contributed by atoms with Gasteiger partial charge in [0.1, 0.15) is 49.0 Å². The van der Waals surface area contributed by atoms with Crippen LogP contribution >= 0.6 is 11.8 Å². The Morgan fingerprint density at radius 1 is 0.372 bits per heavy atom. The lowest BCUT2D eigenvalue weighted by atomic mass is 10.0. The lowest BCUT2D eigenvalue weighted by molar-refractivity contribution is -0.162. The van der Waals surface area contributed by atoms with Crippen LogP contribution in [0.4, 0.5) is 0 Å². The van der Waals surface area contributed by atoms with E-state index >= 15 is 0 Å². The van der Waals surface area contributed by atoms with Gasteiger partial charge in [-0.05, 0) is 116 Å². The van der Waals surface area contributed by atoms with Crippen LogP contribution in [-0.2, 0) is 52.6 Å². The molecule has 6 amide bonds. The zero-order valence-corrected chi connectivity index (χ0v) is 59.0. The molecule has 0 rings (SSSR count). The molecule has 19 N–H and O–H groups in total. The summed E-state index contributed by atoms with van der Waals surface area (Å²) in [7, 11) is 0. The van der Waals surface area contributed by atoms with E-state index in [2.05, 4.69) is 45.7 Å². The number of nitrogens with one attached hydrogen (secondary N) is 6. The minimum absolute atomic E-state index is 0.000276. The van der Waals surface area contributed by atoms with E-state index in [4.69, 9.17) is 38.1 Å². The fourth-order valence-corrected chi connectivity index (χ4v) is 11.6. The molecule has 10 unspecified atom stereocenters. The van der Waals surface area contributed by atoms with Gasteiger partial charge in [-0.15, -0.1) is 0 Å². The molecule has 0 aliphatic rings. The van der Waals surface area contributed by atoms with E-state index in [0.29, 0.717) is 77.3 Å². The first-order valence-electron chi connectivity index (χ1n) is 36.1. The summed E-state index contributed by atoms with van der Waals surface area (Å²) in [5, 5.41) is 45.6. The summed E-state index contributed by atoms with van der Waals surface area (Å²) in [6.45, 7) is 7.12. The summed E-state index contributed by atoms with van der Waals surface area (Å²) in [6.07, 6.45) is 30.4. The van der Waals surface area contributed by atoms with Gasteiger partial charge in [0.05, 0.1) is 31.1 Å². The fraction of sp³-hybridized carbons (Fsp3) is 0.868. The highest BCUT2D eigenvalue weighted by atomic mass is 32.2. The highest BCUT2D eigenvalue weighted by molar-refractivity contribution is 7.99. The third-order valence-corrected chi connectivity index (χ3v) is 18.1. The lowest BCUT2D eigenvalue weighted by Crippen LogP contribution is -2.60. The Bertz CT molecular complexity index is 2040. The number of aliphatic hydroxyl groups excluding tert-OH is 2. The van der Waals surface area contributed by atoms with Gasteiger partial charge in [-0.25, -0.2) is 4.79 Å². The zero-order valence-electron chi connectivity index (χ0n) is 58.2. The van der Waals surface area contributed by atoms with Gasteiger partial charge < -0.3 is 85.4 Å². The third-order valence-electron chi connectivity index (χ3n) is 16.9. The Morgan fingerprint density at radius 2 is 0.660 bits per heavy atom. The van der Waals surface area contributed by atoms with Crippen molar-refractivity contribution >= 4 is 65.1 Å². The second-order valence-electron chi connectivity index (χ2n) is 25.5. The van der Waals surface area contributed by atoms with Crippen molar-refractivity contribution in [3.63, 3.8) is 0 Å². The van der Waals surface area contributed by atoms with Crippen molar-refractivity contribution in [1.82, 2.24) is 31.9 Å². The van der Waals surface area contributed by atoms with Crippen molar-refractivity contribution in [1.29, 1.82) is 0 Å². The van der Waals surface area contributed by atoms with Gasteiger partial charge in [-0.2, -0.15) is 11.8 Å². The second-order valence-corrected chi connectivity index (χ2v) is 26.6. The summed E-state index contributed by atoms with van der Waals surface area (Å²) in [5.41, 5.74) is 29.1. The van der Waals surface area contributed by atoms with Crippen molar-refractivity contribution in [2.45, 2.75) is 307 Å². The van der Waals surface area contributed by atoms with Gasteiger partial charge in [-0.1, -0.05) is 169 Å². The van der Waals surface area contributed by atoms with Crippen molar-refractivity contribution in [2.24, 2.45) is 40.5 Å². The van der Waals surface area contributed by atoms with Crippen molar-refractivity contribution in [3.05, 3.63) is 0 Å². The van der Waals surface area contributed by atoms with Gasteiger partial charge in [0.2, 0.25) is 35.4 Å². The quantitative estimate of drug-likeness (QED) is 0.0257. The van der Waals surface area contributed by atoms with E-state index in [1.807, 2.05) is 13.8 Å². The molecule has 0 bridgehead atoms. The van der Waals surface area contributed by atoms with Crippen LogP contribution in [0.5, 0.6) is 0 Å². The van der Waals surface area contributed by atoms with Crippen molar-refractivity contribution in [3.8, 4) is 0 Å². The Hall–Kier alpha value is -4.70. The lowest BCUT2D eigenvalue weighted by Gasteiger charge is -2.27. The van der Waals surface area contributed by atoms with E-state index in [1.165, 1.54) is 103 Å². The van der Waals surface area contributed by atoms with Gasteiger partial charge in [0.25, 0.3) is 0 Å². The minimum atomic E-state index is -1.71.